The van der Waals surface area contributed by atoms with Crippen LogP contribution in [0.3, 0.4) is 0 Å². The fourth-order valence-corrected chi connectivity index (χ4v) is 2.48. The van der Waals surface area contributed by atoms with Crippen molar-refractivity contribution >= 4 is 0 Å². The largest absolute Gasteiger partial charge is 0.313 e. The van der Waals surface area contributed by atoms with Gasteiger partial charge in [-0.05, 0) is 30.4 Å². The zero-order valence-electron chi connectivity index (χ0n) is 12.4. The van der Waals surface area contributed by atoms with Crippen LogP contribution in [0.25, 0.3) is 11.3 Å². The van der Waals surface area contributed by atoms with Gasteiger partial charge < -0.3 is 4.98 Å². The Balaban J connectivity index is 2.46. The van der Waals surface area contributed by atoms with Crippen LogP contribution >= 0.6 is 0 Å². The highest BCUT2D eigenvalue weighted by Crippen LogP contribution is 2.22. The molecule has 0 aliphatic carbocycles. The van der Waals surface area contributed by atoms with Crippen molar-refractivity contribution < 1.29 is 0 Å². The minimum Gasteiger partial charge on any atom is -0.313 e. The van der Waals surface area contributed by atoms with Gasteiger partial charge in [0.1, 0.15) is 0 Å². The first kappa shape index (κ1) is 14.5. The Kier molecular flexibility index (Phi) is 4.72. The van der Waals surface area contributed by atoms with Crippen LogP contribution in [0.5, 0.6) is 0 Å². The van der Waals surface area contributed by atoms with Crippen LogP contribution in [0, 0.1) is 5.92 Å². The Labute approximate surface area is 120 Å². The third-order valence-electron chi connectivity index (χ3n) is 3.29. The standard InChI is InChI=1S/C17H22N2O/c1-4-6-15-16(18-11-19-17(15)20)14-8-5-7-13(10-14)9-12(2)3/h5,7-8,10-12H,4,6,9H2,1-3H3,(H,18,19,20). The summed E-state index contributed by atoms with van der Waals surface area (Å²) in [7, 11) is 0. The molecule has 1 aromatic heterocycles. The molecule has 1 N–H and O–H groups in total. The molecule has 0 saturated carbocycles. The number of H-pyrrole nitrogens is 1. The summed E-state index contributed by atoms with van der Waals surface area (Å²) in [6, 6.07) is 8.37. The van der Waals surface area contributed by atoms with Crippen LogP contribution < -0.4 is 5.56 Å². The van der Waals surface area contributed by atoms with E-state index in [2.05, 4.69) is 42.9 Å². The van der Waals surface area contributed by atoms with Gasteiger partial charge in [0.25, 0.3) is 5.56 Å². The number of benzene rings is 1. The number of nitrogens with zero attached hydrogens (tertiary/aromatic N) is 1. The lowest BCUT2D eigenvalue weighted by Crippen LogP contribution is -2.14. The van der Waals surface area contributed by atoms with E-state index < -0.39 is 0 Å². The molecule has 0 bridgehead atoms. The average molecular weight is 270 g/mol. The van der Waals surface area contributed by atoms with Gasteiger partial charge in [0.05, 0.1) is 12.0 Å². The van der Waals surface area contributed by atoms with Crippen molar-refractivity contribution in [2.24, 2.45) is 5.92 Å². The lowest BCUT2D eigenvalue weighted by atomic mass is 9.98. The van der Waals surface area contributed by atoms with Gasteiger partial charge in [-0.15, -0.1) is 0 Å². The summed E-state index contributed by atoms with van der Waals surface area (Å²) in [6.07, 6.45) is 4.23. The lowest BCUT2D eigenvalue weighted by Gasteiger charge is -2.10. The molecule has 0 aliphatic heterocycles. The Bertz CT molecular complexity index is 629. The summed E-state index contributed by atoms with van der Waals surface area (Å²) in [5.74, 6) is 0.618. The molecule has 0 amide bonds. The highest BCUT2D eigenvalue weighted by molar-refractivity contribution is 5.63. The normalized spacial score (nSPS) is 11.0. The first-order chi connectivity index (χ1) is 9.61. The molecule has 1 aromatic carbocycles. The Morgan fingerprint density at radius 3 is 2.80 bits per heavy atom. The number of aromatic nitrogens is 2. The molecule has 3 nitrogen and oxygen atoms in total. The van der Waals surface area contributed by atoms with Crippen molar-refractivity contribution in [3.05, 3.63) is 52.1 Å². The second-order valence-corrected chi connectivity index (χ2v) is 5.61. The van der Waals surface area contributed by atoms with Crippen LogP contribution in [0.15, 0.2) is 35.4 Å². The predicted octanol–water partition coefficient (Wildman–Crippen LogP) is 3.59. The maximum atomic E-state index is 12.0. The van der Waals surface area contributed by atoms with Gasteiger partial charge >= 0.3 is 0 Å². The van der Waals surface area contributed by atoms with E-state index in [1.54, 1.807) is 0 Å². The molecule has 106 valence electrons. The van der Waals surface area contributed by atoms with Gasteiger partial charge in [-0.25, -0.2) is 4.98 Å². The zero-order chi connectivity index (χ0) is 14.5. The molecular formula is C17H22N2O. The highest BCUT2D eigenvalue weighted by Gasteiger charge is 2.10. The van der Waals surface area contributed by atoms with E-state index in [0.29, 0.717) is 5.92 Å². The molecule has 2 aromatic rings. The fourth-order valence-electron chi connectivity index (χ4n) is 2.48. The van der Waals surface area contributed by atoms with Gasteiger partial charge in [-0.2, -0.15) is 0 Å². The lowest BCUT2D eigenvalue weighted by molar-refractivity contribution is 0.647. The highest BCUT2D eigenvalue weighted by atomic mass is 16.1. The van der Waals surface area contributed by atoms with Crippen molar-refractivity contribution in [3.8, 4) is 11.3 Å². The molecule has 2 rings (SSSR count). The summed E-state index contributed by atoms with van der Waals surface area (Å²) in [5, 5.41) is 0. The molecule has 20 heavy (non-hydrogen) atoms. The first-order valence-corrected chi connectivity index (χ1v) is 7.27. The number of nitrogens with one attached hydrogen (secondary N) is 1. The number of aromatic amines is 1. The maximum absolute atomic E-state index is 12.0. The molecule has 3 heteroatoms. The molecule has 0 fully saturated rings. The number of rotatable bonds is 5. The number of hydrogen-bond donors (Lipinski definition) is 1. The van der Waals surface area contributed by atoms with Crippen LogP contribution in [-0.2, 0) is 12.8 Å². The summed E-state index contributed by atoms with van der Waals surface area (Å²) < 4.78 is 0. The average Bonchev–Trinajstić information content (AvgIpc) is 2.41. The fraction of sp³-hybridized carbons (Fsp3) is 0.412. The Morgan fingerprint density at radius 2 is 2.10 bits per heavy atom. The maximum Gasteiger partial charge on any atom is 0.254 e. The molecule has 0 saturated heterocycles. The van der Waals surface area contributed by atoms with Crippen molar-refractivity contribution in [1.29, 1.82) is 0 Å². The minimum absolute atomic E-state index is 0.0221. The second-order valence-electron chi connectivity index (χ2n) is 5.61. The van der Waals surface area contributed by atoms with E-state index in [4.69, 9.17) is 0 Å². The predicted molar refractivity (Wildman–Crippen MR) is 82.8 cm³/mol. The van der Waals surface area contributed by atoms with E-state index >= 15 is 0 Å². The number of hydrogen-bond acceptors (Lipinski definition) is 2. The van der Waals surface area contributed by atoms with Crippen LogP contribution in [-0.4, -0.2) is 9.97 Å². The van der Waals surface area contributed by atoms with Gasteiger partial charge in [-0.1, -0.05) is 45.4 Å². The van der Waals surface area contributed by atoms with Gasteiger partial charge in [0, 0.05) is 11.1 Å². The summed E-state index contributed by atoms with van der Waals surface area (Å²) in [4.78, 5) is 19.0. The van der Waals surface area contributed by atoms with Crippen molar-refractivity contribution in [1.82, 2.24) is 9.97 Å². The van der Waals surface area contributed by atoms with Crippen LogP contribution in [0.4, 0.5) is 0 Å². The van der Waals surface area contributed by atoms with Crippen molar-refractivity contribution in [2.75, 3.05) is 0 Å². The van der Waals surface area contributed by atoms with E-state index in [9.17, 15) is 4.79 Å². The molecule has 0 aliphatic rings. The van der Waals surface area contributed by atoms with Crippen molar-refractivity contribution in [2.45, 2.75) is 40.0 Å². The van der Waals surface area contributed by atoms with Gasteiger partial charge in [0.2, 0.25) is 0 Å². The third-order valence-corrected chi connectivity index (χ3v) is 3.29. The topological polar surface area (TPSA) is 45.8 Å². The van der Waals surface area contributed by atoms with Crippen LogP contribution in [0.2, 0.25) is 0 Å². The molecule has 0 unspecified atom stereocenters. The summed E-state index contributed by atoms with van der Waals surface area (Å²) >= 11 is 0. The molecule has 0 radical (unpaired) electrons. The molecule has 0 atom stereocenters. The van der Waals surface area contributed by atoms with E-state index in [1.807, 2.05) is 12.1 Å². The zero-order valence-corrected chi connectivity index (χ0v) is 12.4. The smallest absolute Gasteiger partial charge is 0.254 e. The van der Waals surface area contributed by atoms with E-state index in [-0.39, 0.29) is 5.56 Å². The Hall–Kier alpha value is -1.90. The van der Waals surface area contributed by atoms with E-state index in [0.717, 1.165) is 36.1 Å². The molecular weight excluding hydrogens is 248 g/mol. The van der Waals surface area contributed by atoms with Crippen LogP contribution in [0.1, 0.15) is 38.3 Å². The quantitative estimate of drug-likeness (QED) is 0.902. The van der Waals surface area contributed by atoms with E-state index in [1.165, 1.54) is 11.9 Å². The Morgan fingerprint density at radius 1 is 1.30 bits per heavy atom. The minimum atomic E-state index is -0.0221. The third kappa shape index (κ3) is 3.35. The summed E-state index contributed by atoms with van der Waals surface area (Å²) in [6.45, 7) is 6.49. The van der Waals surface area contributed by atoms with Gasteiger partial charge in [0.15, 0.2) is 0 Å². The molecule has 1 heterocycles. The monoisotopic (exact) mass is 270 g/mol. The van der Waals surface area contributed by atoms with Crippen molar-refractivity contribution in [3.63, 3.8) is 0 Å². The summed E-state index contributed by atoms with van der Waals surface area (Å²) in [5.41, 5.74) is 3.92. The second kappa shape index (κ2) is 6.51. The first-order valence-electron chi connectivity index (χ1n) is 7.27. The SMILES string of the molecule is CCCc1c(-c2cccc(CC(C)C)c2)nc[nH]c1=O. The van der Waals surface area contributed by atoms with Gasteiger partial charge in [-0.3, -0.25) is 4.79 Å². The molecule has 0 spiro atoms.